The van der Waals surface area contributed by atoms with E-state index >= 15 is 0 Å². The molecule has 0 amide bonds. The van der Waals surface area contributed by atoms with Gasteiger partial charge in [-0.15, -0.1) is 0 Å². The summed E-state index contributed by atoms with van der Waals surface area (Å²) in [6.45, 7) is 1.88. The number of anilines is 1. The molecule has 2 aromatic carbocycles. The molecule has 0 fully saturated rings. The summed E-state index contributed by atoms with van der Waals surface area (Å²) < 4.78 is 43.4. The molecule has 2 N–H and O–H groups in total. The Morgan fingerprint density at radius 2 is 1.82 bits per heavy atom. The summed E-state index contributed by atoms with van der Waals surface area (Å²) in [5.74, 6) is -1.83. The Morgan fingerprint density at radius 1 is 1.03 bits per heavy atom. The van der Waals surface area contributed by atoms with Crippen LogP contribution in [0.4, 0.5) is 19.0 Å². The van der Waals surface area contributed by atoms with Crippen molar-refractivity contribution in [2.24, 2.45) is 0 Å². The maximum atomic E-state index is 14.8. The van der Waals surface area contributed by atoms with Gasteiger partial charge in [0.05, 0.1) is 23.4 Å². The van der Waals surface area contributed by atoms with Gasteiger partial charge in [0.15, 0.2) is 11.5 Å². The van der Waals surface area contributed by atoms with Crippen molar-refractivity contribution in [3.63, 3.8) is 0 Å². The average Bonchev–Trinajstić information content (AvgIpc) is 3.28. The van der Waals surface area contributed by atoms with Crippen molar-refractivity contribution in [3.05, 3.63) is 88.6 Å². The number of H-pyrrole nitrogens is 1. The van der Waals surface area contributed by atoms with Crippen LogP contribution in [0.1, 0.15) is 25.1 Å². The van der Waals surface area contributed by atoms with Gasteiger partial charge in [-0.05, 0) is 42.1 Å². The van der Waals surface area contributed by atoms with Crippen molar-refractivity contribution < 1.29 is 13.2 Å². The van der Waals surface area contributed by atoms with Crippen molar-refractivity contribution in [2.75, 3.05) is 5.32 Å². The van der Waals surface area contributed by atoms with Crippen LogP contribution in [0, 0.1) is 17.5 Å². The topological polar surface area (TPSA) is 88.5 Å². The number of hydrogen-bond acceptors (Lipinski definition) is 5. The summed E-state index contributed by atoms with van der Waals surface area (Å²) in [5, 5.41) is 3.84. The highest BCUT2D eigenvalue weighted by Crippen LogP contribution is 2.29. The highest BCUT2D eigenvalue weighted by molar-refractivity contribution is 5.84. The quantitative estimate of drug-likeness (QED) is 0.407. The van der Waals surface area contributed by atoms with E-state index in [1.807, 2.05) is 6.92 Å². The van der Waals surface area contributed by atoms with E-state index in [0.29, 0.717) is 40.5 Å². The molecule has 0 spiro atoms. The van der Waals surface area contributed by atoms with Gasteiger partial charge in [0.25, 0.3) is 5.56 Å². The first-order chi connectivity index (χ1) is 16.0. The molecule has 3 aromatic heterocycles. The molecule has 3 heterocycles. The zero-order chi connectivity index (χ0) is 23.1. The molecule has 0 bridgehead atoms. The number of fused-ring (bicyclic) bond motifs is 2. The first-order valence-electron chi connectivity index (χ1n) is 10.2. The second kappa shape index (κ2) is 8.05. The van der Waals surface area contributed by atoms with Gasteiger partial charge in [0, 0.05) is 11.8 Å². The van der Waals surface area contributed by atoms with Crippen LogP contribution in [0.15, 0.2) is 59.9 Å². The fraction of sp³-hybridized carbons (Fsp3) is 0.130. The van der Waals surface area contributed by atoms with E-state index in [9.17, 15) is 18.0 Å². The van der Waals surface area contributed by atoms with Gasteiger partial charge in [-0.25, -0.2) is 28.1 Å². The third kappa shape index (κ3) is 3.59. The molecule has 0 saturated carbocycles. The van der Waals surface area contributed by atoms with Gasteiger partial charge in [-0.3, -0.25) is 9.36 Å². The predicted molar refractivity (Wildman–Crippen MR) is 118 cm³/mol. The lowest BCUT2D eigenvalue weighted by atomic mass is 10.0. The Bertz CT molecular complexity index is 1560. The van der Waals surface area contributed by atoms with Gasteiger partial charge >= 0.3 is 0 Å². The Kier molecular flexibility index (Phi) is 5.04. The lowest BCUT2D eigenvalue weighted by molar-refractivity contribution is 0.572. The van der Waals surface area contributed by atoms with Gasteiger partial charge < -0.3 is 10.3 Å². The first kappa shape index (κ1) is 20.7. The van der Waals surface area contributed by atoms with Gasteiger partial charge in [0.1, 0.15) is 29.3 Å². The zero-order valence-electron chi connectivity index (χ0n) is 17.3. The van der Waals surface area contributed by atoms with Gasteiger partial charge in [-0.2, -0.15) is 0 Å². The minimum atomic E-state index is -0.915. The standard InChI is InChI=1S/C23H17F3N6O/c1-2-17(31-22-20-21(28-10-27-20)29-11-30-22)19-7-12-3-4-13(24)8-15(12)23(33)32(19)18-6-5-14(25)9-16(18)26/h3-11,17H,2H2,1H3,(H2,27,28,29,30,31). The van der Waals surface area contributed by atoms with Crippen LogP contribution in [-0.2, 0) is 0 Å². The van der Waals surface area contributed by atoms with Crippen molar-refractivity contribution >= 4 is 27.8 Å². The van der Waals surface area contributed by atoms with E-state index in [1.54, 1.807) is 6.07 Å². The van der Waals surface area contributed by atoms with E-state index in [1.165, 1.54) is 30.9 Å². The largest absolute Gasteiger partial charge is 0.360 e. The van der Waals surface area contributed by atoms with E-state index < -0.39 is 29.1 Å². The predicted octanol–water partition coefficient (Wildman–Crippen LogP) is 4.64. The normalized spacial score (nSPS) is 12.4. The fourth-order valence-electron chi connectivity index (χ4n) is 3.89. The molecule has 0 radical (unpaired) electrons. The number of halogens is 3. The third-order valence-corrected chi connectivity index (χ3v) is 5.46. The SMILES string of the molecule is CCC(Nc1ncnc2nc[nH]c12)c1cc2ccc(F)cc2c(=O)n1-c1ccc(F)cc1F. The lowest BCUT2D eigenvalue weighted by Crippen LogP contribution is -2.27. The monoisotopic (exact) mass is 450 g/mol. The second-order valence-corrected chi connectivity index (χ2v) is 7.47. The number of nitrogens with one attached hydrogen (secondary N) is 2. The summed E-state index contributed by atoms with van der Waals surface area (Å²) in [5.41, 5.74) is 0.664. The average molecular weight is 450 g/mol. The van der Waals surface area contributed by atoms with Crippen molar-refractivity contribution in [2.45, 2.75) is 19.4 Å². The maximum absolute atomic E-state index is 14.8. The van der Waals surface area contributed by atoms with Crippen LogP contribution in [0.25, 0.3) is 27.6 Å². The fourth-order valence-corrected chi connectivity index (χ4v) is 3.89. The van der Waals surface area contributed by atoms with Crippen LogP contribution < -0.4 is 10.9 Å². The molecular weight excluding hydrogens is 433 g/mol. The maximum Gasteiger partial charge on any atom is 0.263 e. The molecule has 33 heavy (non-hydrogen) atoms. The molecule has 5 aromatic rings. The number of nitrogens with zero attached hydrogens (tertiary/aromatic N) is 4. The minimum absolute atomic E-state index is 0.0790. The Morgan fingerprint density at radius 3 is 2.61 bits per heavy atom. The number of aromatic amines is 1. The molecule has 7 nitrogen and oxygen atoms in total. The molecule has 5 rings (SSSR count). The molecule has 0 aliphatic rings. The number of benzene rings is 2. The summed E-state index contributed by atoms with van der Waals surface area (Å²) >= 11 is 0. The van der Waals surface area contributed by atoms with Crippen LogP contribution in [0.2, 0.25) is 0 Å². The van der Waals surface area contributed by atoms with Gasteiger partial charge in [-0.1, -0.05) is 13.0 Å². The molecular formula is C23H17F3N6O. The Hall–Kier alpha value is -4.21. The Labute approximate surface area is 185 Å². The Balaban J connectivity index is 1.75. The molecule has 0 aliphatic heterocycles. The molecule has 1 unspecified atom stereocenters. The van der Waals surface area contributed by atoms with Crippen molar-refractivity contribution in [1.82, 2.24) is 24.5 Å². The number of imidazole rings is 1. The van der Waals surface area contributed by atoms with E-state index in [4.69, 9.17) is 0 Å². The van der Waals surface area contributed by atoms with E-state index in [-0.39, 0.29) is 11.1 Å². The number of pyridine rings is 1. The zero-order valence-corrected chi connectivity index (χ0v) is 17.3. The molecule has 0 aliphatic carbocycles. The summed E-state index contributed by atoms with van der Waals surface area (Å²) in [4.78, 5) is 28.9. The van der Waals surface area contributed by atoms with E-state index in [2.05, 4.69) is 25.3 Å². The molecule has 1 atom stereocenters. The summed E-state index contributed by atoms with van der Waals surface area (Å²) in [6, 6.07) is 7.97. The third-order valence-electron chi connectivity index (χ3n) is 5.46. The number of rotatable bonds is 5. The molecule has 0 saturated heterocycles. The highest BCUT2D eigenvalue weighted by Gasteiger charge is 2.22. The molecule has 166 valence electrons. The first-order valence-corrected chi connectivity index (χ1v) is 10.2. The smallest absolute Gasteiger partial charge is 0.263 e. The number of aromatic nitrogens is 5. The van der Waals surface area contributed by atoms with Crippen molar-refractivity contribution in [1.29, 1.82) is 0 Å². The number of hydrogen-bond donors (Lipinski definition) is 2. The molecule has 10 heteroatoms. The van der Waals surface area contributed by atoms with Crippen LogP contribution in [-0.4, -0.2) is 24.5 Å². The second-order valence-electron chi connectivity index (χ2n) is 7.47. The highest BCUT2D eigenvalue weighted by atomic mass is 19.1. The van der Waals surface area contributed by atoms with Crippen LogP contribution in [0.3, 0.4) is 0 Å². The summed E-state index contributed by atoms with van der Waals surface area (Å²) in [7, 11) is 0. The lowest BCUT2D eigenvalue weighted by Gasteiger charge is -2.23. The summed E-state index contributed by atoms with van der Waals surface area (Å²) in [6.07, 6.45) is 3.32. The van der Waals surface area contributed by atoms with Gasteiger partial charge in [0.2, 0.25) is 0 Å². The van der Waals surface area contributed by atoms with Crippen molar-refractivity contribution in [3.8, 4) is 5.69 Å². The van der Waals surface area contributed by atoms with Crippen LogP contribution >= 0.6 is 0 Å². The van der Waals surface area contributed by atoms with Crippen LogP contribution in [0.5, 0.6) is 0 Å². The van der Waals surface area contributed by atoms with E-state index in [0.717, 1.165) is 16.7 Å². The minimum Gasteiger partial charge on any atom is -0.360 e.